The van der Waals surface area contributed by atoms with Crippen molar-refractivity contribution in [3.05, 3.63) is 95.6 Å². The summed E-state index contributed by atoms with van der Waals surface area (Å²) >= 11 is 0. The predicted octanol–water partition coefficient (Wildman–Crippen LogP) is 5.12. The number of ether oxygens (including phenoxy) is 1. The number of amides is 1. The van der Waals surface area contributed by atoms with Crippen LogP contribution in [0.3, 0.4) is 0 Å². The average molecular weight is 329 g/mol. The summed E-state index contributed by atoms with van der Waals surface area (Å²) in [5.74, 6) is 0.722. The number of hydrogen-bond acceptors (Lipinski definition) is 2. The smallest absolute Gasteiger partial charge is 0.255 e. The lowest BCUT2D eigenvalue weighted by Crippen LogP contribution is -2.11. The highest BCUT2D eigenvalue weighted by atomic mass is 16.5. The molecule has 0 aliphatic rings. The molecule has 0 bridgehead atoms. The van der Waals surface area contributed by atoms with Gasteiger partial charge in [-0.1, -0.05) is 54.6 Å². The van der Waals surface area contributed by atoms with Gasteiger partial charge in [-0.25, -0.2) is 0 Å². The minimum atomic E-state index is -0.114. The van der Waals surface area contributed by atoms with Gasteiger partial charge in [0.2, 0.25) is 0 Å². The van der Waals surface area contributed by atoms with Crippen LogP contribution in [0.2, 0.25) is 0 Å². The first-order valence-electron chi connectivity index (χ1n) is 8.03. The molecule has 3 heteroatoms. The van der Waals surface area contributed by atoms with Crippen molar-refractivity contribution in [2.45, 2.75) is 0 Å². The topological polar surface area (TPSA) is 38.3 Å². The highest BCUT2D eigenvalue weighted by Gasteiger charge is 2.04. The van der Waals surface area contributed by atoms with Gasteiger partial charge in [0.15, 0.2) is 0 Å². The second-order valence-corrected chi connectivity index (χ2v) is 5.55. The molecule has 0 heterocycles. The minimum absolute atomic E-state index is 0.114. The van der Waals surface area contributed by atoms with Gasteiger partial charge < -0.3 is 10.1 Å². The summed E-state index contributed by atoms with van der Waals surface area (Å²) in [5, 5.41) is 2.92. The Morgan fingerprint density at radius 3 is 2.28 bits per heavy atom. The third kappa shape index (κ3) is 4.58. The number of hydrogen-bond donors (Lipinski definition) is 1. The molecule has 124 valence electrons. The lowest BCUT2D eigenvalue weighted by Gasteiger charge is -2.06. The van der Waals surface area contributed by atoms with E-state index < -0.39 is 0 Å². The molecule has 0 atom stereocenters. The van der Waals surface area contributed by atoms with E-state index in [2.05, 4.69) is 5.32 Å². The third-order valence-electron chi connectivity index (χ3n) is 3.76. The van der Waals surface area contributed by atoms with Gasteiger partial charge in [0.25, 0.3) is 5.91 Å². The summed E-state index contributed by atoms with van der Waals surface area (Å²) in [5.41, 5.74) is 3.51. The molecule has 0 fully saturated rings. The number of benzene rings is 3. The lowest BCUT2D eigenvalue weighted by molar-refractivity contribution is 0.102. The summed E-state index contributed by atoms with van der Waals surface area (Å²) in [4.78, 5) is 12.2. The van der Waals surface area contributed by atoms with Crippen LogP contribution in [0.1, 0.15) is 21.5 Å². The molecule has 1 N–H and O–H groups in total. The summed E-state index contributed by atoms with van der Waals surface area (Å²) in [6.07, 6.45) is 4.04. The number of rotatable bonds is 5. The summed E-state index contributed by atoms with van der Waals surface area (Å²) in [7, 11) is 1.65. The Balaban J connectivity index is 1.70. The van der Waals surface area contributed by atoms with Crippen LogP contribution in [0, 0.1) is 0 Å². The second kappa shape index (κ2) is 7.97. The van der Waals surface area contributed by atoms with E-state index in [1.165, 1.54) is 0 Å². The fourth-order valence-corrected chi connectivity index (χ4v) is 2.42. The highest BCUT2D eigenvalue weighted by Crippen LogP contribution is 2.17. The van der Waals surface area contributed by atoms with Gasteiger partial charge in [-0.05, 0) is 47.5 Å². The van der Waals surface area contributed by atoms with Crippen molar-refractivity contribution in [1.29, 1.82) is 0 Å². The summed E-state index contributed by atoms with van der Waals surface area (Å²) in [6, 6.07) is 24.8. The van der Waals surface area contributed by atoms with Gasteiger partial charge >= 0.3 is 0 Å². The van der Waals surface area contributed by atoms with Crippen LogP contribution in [0.15, 0.2) is 78.9 Å². The zero-order chi connectivity index (χ0) is 17.5. The molecular formula is C22H19NO2. The number of carbonyl (C=O) groups is 1. The third-order valence-corrected chi connectivity index (χ3v) is 3.76. The van der Waals surface area contributed by atoms with E-state index in [1.807, 2.05) is 78.9 Å². The molecule has 0 aliphatic heterocycles. The SMILES string of the molecule is COc1ccc(/C=C/c2cccc(NC(=O)c3ccccc3)c2)cc1. The van der Waals surface area contributed by atoms with Crippen LogP contribution in [0.25, 0.3) is 12.2 Å². The molecule has 3 nitrogen and oxygen atoms in total. The van der Waals surface area contributed by atoms with Gasteiger partial charge in [-0.2, -0.15) is 0 Å². The highest BCUT2D eigenvalue weighted by molar-refractivity contribution is 6.04. The van der Waals surface area contributed by atoms with Crippen molar-refractivity contribution in [2.24, 2.45) is 0 Å². The molecule has 0 spiro atoms. The van der Waals surface area contributed by atoms with E-state index in [9.17, 15) is 4.79 Å². The fraction of sp³-hybridized carbons (Fsp3) is 0.0455. The van der Waals surface area contributed by atoms with E-state index in [-0.39, 0.29) is 5.91 Å². The van der Waals surface area contributed by atoms with E-state index >= 15 is 0 Å². The van der Waals surface area contributed by atoms with Crippen LogP contribution in [0.4, 0.5) is 5.69 Å². The van der Waals surface area contributed by atoms with Crippen LogP contribution >= 0.6 is 0 Å². The van der Waals surface area contributed by atoms with E-state index in [0.717, 1.165) is 22.6 Å². The van der Waals surface area contributed by atoms with Gasteiger partial charge in [0.05, 0.1) is 7.11 Å². The molecule has 0 aliphatic carbocycles. The maximum atomic E-state index is 12.2. The molecule has 0 saturated heterocycles. The number of carbonyl (C=O) groups excluding carboxylic acids is 1. The lowest BCUT2D eigenvalue weighted by atomic mass is 10.1. The largest absolute Gasteiger partial charge is 0.497 e. The summed E-state index contributed by atoms with van der Waals surface area (Å²) < 4.78 is 5.16. The Morgan fingerprint density at radius 2 is 1.56 bits per heavy atom. The first-order valence-corrected chi connectivity index (χ1v) is 8.03. The monoisotopic (exact) mass is 329 g/mol. The number of nitrogens with one attached hydrogen (secondary N) is 1. The Bertz CT molecular complexity index is 868. The van der Waals surface area contributed by atoms with Crippen molar-refractivity contribution < 1.29 is 9.53 Å². The first kappa shape index (κ1) is 16.5. The van der Waals surface area contributed by atoms with Gasteiger partial charge in [0, 0.05) is 11.3 Å². The van der Waals surface area contributed by atoms with E-state index in [1.54, 1.807) is 19.2 Å². The molecule has 1 amide bonds. The maximum Gasteiger partial charge on any atom is 0.255 e. The average Bonchev–Trinajstić information content (AvgIpc) is 2.68. The first-order chi connectivity index (χ1) is 12.2. The van der Waals surface area contributed by atoms with Crippen LogP contribution in [-0.2, 0) is 0 Å². The molecule has 0 unspecified atom stereocenters. The number of methoxy groups -OCH3 is 1. The van der Waals surface area contributed by atoms with Crippen molar-refractivity contribution in [3.8, 4) is 5.75 Å². The second-order valence-electron chi connectivity index (χ2n) is 5.55. The molecule has 0 saturated carbocycles. The maximum absolute atomic E-state index is 12.2. The molecule has 3 rings (SSSR count). The Labute approximate surface area is 147 Å². The van der Waals surface area contributed by atoms with Crippen LogP contribution in [0.5, 0.6) is 5.75 Å². The van der Waals surface area contributed by atoms with Gasteiger partial charge in [0.1, 0.15) is 5.75 Å². The predicted molar refractivity (Wildman–Crippen MR) is 103 cm³/mol. The molecule has 25 heavy (non-hydrogen) atoms. The minimum Gasteiger partial charge on any atom is -0.497 e. The summed E-state index contributed by atoms with van der Waals surface area (Å²) in [6.45, 7) is 0. The fourth-order valence-electron chi connectivity index (χ4n) is 2.42. The van der Waals surface area contributed by atoms with Crippen LogP contribution in [-0.4, -0.2) is 13.0 Å². The Morgan fingerprint density at radius 1 is 0.840 bits per heavy atom. The Kier molecular flexibility index (Phi) is 5.27. The zero-order valence-corrected chi connectivity index (χ0v) is 14.0. The molecule has 0 radical (unpaired) electrons. The van der Waals surface area contributed by atoms with Crippen LogP contribution < -0.4 is 10.1 Å². The van der Waals surface area contributed by atoms with Gasteiger partial charge in [-0.15, -0.1) is 0 Å². The molecular weight excluding hydrogens is 310 g/mol. The number of anilines is 1. The molecule has 3 aromatic carbocycles. The van der Waals surface area contributed by atoms with E-state index in [0.29, 0.717) is 5.56 Å². The molecule has 3 aromatic rings. The molecule has 0 aromatic heterocycles. The normalized spacial score (nSPS) is 10.6. The quantitative estimate of drug-likeness (QED) is 0.660. The van der Waals surface area contributed by atoms with Gasteiger partial charge in [-0.3, -0.25) is 4.79 Å². The van der Waals surface area contributed by atoms with Crippen molar-refractivity contribution >= 4 is 23.7 Å². The standard InChI is InChI=1S/C22H19NO2/c1-25-21-14-12-17(13-15-21)10-11-18-6-5-9-20(16-18)23-22(24)19-7-3-2-4-8-19/h2-16H,1H3,(H,23,24)/b11-10+. The van der Waals surface area contributed by atoms with E-state index in [4.69, 9.17) is 4.74 Å². The Hall–Kier alpha value is -3.33. The van der Waals surface area contributed by atoms with Crippen molar-refractivity contribution in [2.75, 3.05) is 12.4 Å². The zero-order valence-electron chi connectivity index (χ0n) is 14.0. The van der Waals surface area contributed by atoms with Crippen molar-refractivity contribution in [3.63, 3.8) is 0 Å². The van der Waals surface area contributed by atoms with Crippen molar-refractivity contribution in [1.82, 2.24) is 0 Å².